The molecule has 0 radical (unpaired) electrons. The van der Waals surface area contributed by atoms with Gasteiger partial charge in [-0.25, -0.2) is 0 Å². The highest BCUT2D eigenvalue weighted by Gasteiger charge is 2.13. The number of benzene rings is 2. The van der Waals surface area contributed by atoms with Gasteiger partial charge in [-0.1, -0.05) is 36.4 Å². The number of nitrogen functional groups attached to an aromatic ring is 1. The second-order valence-electron chi connectivity index (χ2n) is 3.81. The van der Waals surface area contributed by atoms with E-state index in [2.05, 4.69) is 0 Å². The first-order chi connectivity index (χ1) is 8.22. The van der Waals surface area contributed by atoms with Crippen LogP contribution in [0.2, 0.25) is 0 Å². The van der Waals surface area contributed by atoms with Crippen LogP contribution in [0.1, 0.15) is 17.2 Å². The molecule has 3 nitrogen and oxygen atoms in total. The maximum atomic E-state index is 10.2. The summed E-state index contributed by atoms with van der Waals surface area (Å²) in [6, 6.07) is 14.7. The van der Waals surface area contributed by atoms with Gasteiger partial charge in [-0.15, -0.1) is 0 Å². The third-order valence-electron chi connectivity index (χ3n) is 2.70. The summed E-state index contributed by atoms with van der Waals surface area (Å²) >= 11 is 0. The molecule has 2 aromatic carbocycles. The Morgan fingerprint density at radius 3 is 2.41 bits per heavy atom. The molecule has 3 N–H and O–H groups in total. The Bertz CT molecular complexity index is 497. The van der Waals surface area contributed by atoms with Crippen molar-refractivity contribution in [2.75, 3.05) is 12.8 Å². The van der Waals surface area contributed by atoms with E-state index >= 15 is 0 Å². The third-order valence-corrected chi connectivity index (χ3v) is 2.70. The third kappa shape index (κ3) is 2.40. The molecule has 2 rings (SSSR count). The second kappa shape index (κ2) is 4.89. The number of nitrogens with two attached hydrogens (primary N) is 1. The Morgan fingerprint density at radius 1 is 1.12 bits per heavy atom. The Labute approximate surface area is 100 Å². The van der Waals surface area contributed by atoms with Crippen molar-refractivity contribution < 1.29 is 9.84 Å². The van der Waals surface area contributed by atoms with Gasteiger partial charge in [0.05, 0.1) is 7.11 Å². The van der Waals surface area contributed by atoms with E-state index in [1.807, 2.05) is 30.3 Å². The van der Waals surface area contributed by atoms with E-state index in [1.54, 1.807) is 25.3 Å². The van der Waals surface area contributed by atoms with Crippen LogP contribution in [-0.2, 0) is 0 Å². The molecular weight excluding hydrogens is 214 g/mol. The molecule has 0 fully saturated rings. The molecule has 0 aliphatic carbocycles. The average Bonchev–Trinajstić information content (AvgIpc) is 2.39. The van der Waals surface area contributed by atoms with Gasteiger partial charge in [0.25, 0.3) is 0 Å². The van der Waals surface area contributed by atoms with Crippen LogP contribution in [0.5, 0.6) is 5.75 Å². The van der Waals surface area contributed by atoms with Crippen molar-refractivity contribution in [3.63, 3.8) is 0 Å². The Hall–Kier alpha value is -2.00. The predicted molar refractivity (Wildman–Crippen MR) is 67.9 cm³/mol. The summed E-state index contributed by atoms with van der Waals surface area (Å²) in [5.74, 6) is 0.687. The normalized spacial score (nSPS) is 12.1. The average molecular weight is 229 g/mol. The van der Waals surface area contributed by atoms with Gasteiger partial charge in [0, 0.05) is 17.3 Å². The van der Waals surface area contributed by atoms with E-state index in [0.717, 1.165) is 5.56 Å². The molecule has 0 bridgehead atoms. The van der Waals surface area contributed by atoms with E-state index in [-0.39, 0.29) is 0 Å². The van der Waals surface area contributed by atoms with E-state index in [0.29, 0.717) is 17.0 Å². The fourth-order valence-corrected chi connectivity index (χ4v) is 1.74. The van der Waals surface area contributed by atoms with Crippen molar-refractivity contribution in [3.05, 3.63) is 59.7 Å². The van der Waals surface area contributed by atoms with E-state index in [1.165, 1.54) is 0 Å². The lowest BCUT2D eigenvalue weighted by Crippen LogP contribution is -2.03. The van der Waals surface area contributed by atoms with Gasteiger partial charge in [-0.3, -0.25) is 0 Å². The second-order valence-corrected chi connectivity index (χ2v) is 3.81. The largest absolute Gasteiger partial charge is 0.497 e. The van der Waals surface area contributed by atoms with Gasteiger partial charge in [-0.05, 0) is 11.6 Å². The number of anilines is 1. The number of rotatable bonds is 3. The molecule has 1 unspecified atom stereocenters. The maximum absolute atomic E-state index is 10.2. The van der Waals surface area contributed by atoms with Crippen LogP contribution in [0.3, 0.4) is 0 Å². The van der Waals surface area contributed by atoms with Crippen LogP contribution in [0.25, 0.3) is 0 Å². The van der Waals surface area contributed by atoms with Gasteiger partial charge in [-0.2, -0.15) is 0 Å². The number of ether oxygens (including phenoxy) is 1. The van der Waals surface area contributed by atoms with Crippen molar-refractivity contribution >= 4 is 5.69 Å². The molecule has 2 aromatic rings. The summed E-state index contributed by atoms with van der Waals surface area (Å²) < 4.78 is 5.07. The van der Waals surface area contributed by atoms with Crippen LogP contribution < -0.4 is 10.5 Å². The van der Waals surface area contributed by atoms with Crippen molar-refractivity contribution in [2.24, 2.45) is 0 Å². The van der Waals surface area contributed by atoms with Crippen LogP contribution >= 0.6 is 0 Å². The predicted octanol–water partition coefficient (Wildman–Crippen LogP) is 2.36. The molecule has 17 heavy (non-hydrogen) atoms. The van der Waals surface area contributed by atoms with Gasteiger partial charge >= 0.3 is 0 Å². The van der Waals surface area contributed by atoms with Crippen molar-refractivity contribution in [2.45, 2.75) is 6.10 Å². The minimum absolute atomic E-state index is 0.528. The summed E-state index contributed by atoms with van der Waals surface area (Å²) in [4.78, 5) is 0. The molecular formula is C14H15NO2. The highest BCUT2D eigenvalue weighted by molar-refractivity contribution is 5.54. The summed E-state index contributed by atoms with van der Waals surface area (Å²) in [6.07, 6.45) is -0.706. The highest BCUT2D eigenvalue weighted by atomic mass is 16.5. The number of hydrogen-bond acceptors (Lipinski definition) is 3. The quantitative estimate of drug-likeness (QED) is 0.794. The standard InChI is InChI=1S/C14H15NO2/c1-17-11-7-8-12(13(15)9-11)14(16)10-5-3-2-4-6-10/h2-9,14,16H,15H2,1H3. The SMILES string of the molecule is COc1ccc(C(O)c2ccccc2)c(N)c1. The van der Waals surface area contributed by atoms with Gasteiger partial charge in [0.15, 0.2) is 0 Å². The van der Waals surface area contributed by atoms with E-state index in [4.69, 9.17) is 10.5 Å². The molecule has 0 saturated heterocycles. The monoisotopic (exact) mass is 229 g/mol. The van der Waals surface area contributed by atoms with Crippen LogP contribution in [0, 0.1) is 0 Å². The Balaban J connectivity index is 2.34. The molecule has 0 aromatic heterocycles. The topological polar surface area (TPSA) is 55.5 Å². The number of methoxy groups -OCH3 is 1. The fourth-order valence-electron chi connectivity index (χ4n) is 1.74. The first kappa shape index (κ1) is 11.5. The first-order valence-corrected chi connectivity index (χ1v) is 5.39. The van der Waals surface area contributed by atoms with Gasteiger partial charge in [0.2, 0.25) is 0 Å². The number of aliphatic hydroxyl groups excluding tert-OH is 1. The zero-order chi connectivity index (χ0) is 12.3. The van der Waals surface area contributed by atoms with Gasteiger partial charge < -0.3 is 15.6 Å². The summed E-state index contributed by atoms with van der Waals surface area (Å²) in [7, 11) is 1.59. The smallest absolute Gasteiger partial charge is 0.120 e. The Morgan fingerprint density at radius 2 is 1.82 bits per heavy atom. The maximum Gasteiger partial charge on any atom is 0.120 e. The summed E-state index contributed by atoms with van der Waals surface area (Å²) in [5.41, 5.74) is 7.94. The minimum atomic E-state index is -0.706. The summed E-state index contributed by atoms with van der Waals surface area (Å²) in [6.45, 7) is 0. The molecule has 0 aliphatic rings. The van der Waals surface area contributed by atoms with Crippen LogP contribution in [-0.4, -0.2) is 12.2 Å². The van der Waals surface area contributed by atoms with E-state index < -0.39 is 6.10 Å². The fraction of sp³-hybridized carbons (Fsp3) is 0.143. The highest BCUT2D eigenvalue weighted by Crippen LogP contribution is 2.29. The lowest BCUT2D eigenvalue weighted by atomic mass is 10.00. The van der Waals surface area contributed by atoms with Crippen LogP contribution in [0.15, 0.2) is 48.5 Å². The van der Waals surface area contributed by atoms with Crippen molar-refractivity contribution in [1.82, 2.24) is 0 Å². The lowest BCUT2D eigenvalue weighted by molar-refractivity contribution is 0.221. The number of aliphatic hydroxyl groups is 1. The van der Waals surface area contributed by atoms with Crippen LogP contribution in [0.4, 0.5) is 5.69 Å². The lowest BCUT2D eigenvalue weighted by Gasteiger charge is -2.14. The number of hydrogen-bond donors (Lipinski definition) is 2. The molecule has 0 heterocycles. The van der Waals surface area contributed by atoms with Gasteiger partial charge in [0.1, 0.15) is 11.9 Å². The van der Waals surface area contributed by atoms with Crippen molar-refractivity contribution in [1.29, 1.82) is 0 Å². The zero-order valence-electron chi connectivity index (χ0n) is 9.63. The zero-order valence-corrected chi connectivity index (χ0v) is 9.63. The molecule has 0 spiro atoms. The summed E-state index contributed by atoms with van der Waals surface area (Å²) in [5, 5.41) is 10.2. The Kier molecular flexibility index (Phi) is 3.30. The minimum Gasteiger partial charge on any atom is -0.497 e. The molecule has 3 heteroatoms. The molecule has 0 amide bonds. The molecule has 1 atom stereocenters. The first-order valence-electron chi connectivity index (χ1n) is 5.39. The molecule has 0 aliphatic heterocycles. The molecule has 0 saturated carbocycles. The van der Waals surface area contributed by atoms with Crippen molar-refractivity contribution in [3.8, 4) is 5.75 Å². The van der Waals surface area contributed by atoms with E-state index in [9.17, 15) is 5.11 Å². The molecule has 88 valence electrons.